The van der Waals surface area contributed by atoms with Crippen molar-refractivity contribution in [3.8, 4) is 0 Å². The van der Waals surface area contributed by atoms with Crippen LogP contribution < -0.4 is 0 Å². The molecule has 202 valence electrons. The van der Waals surface area contributed by atoms with Crippen molar-refractivity contribution in [2.45, 2.75) is 87.8 Å². The van der Waals surface area contributed by atoms with Crippen LogP contribution in [0.2, 0.25) is 0 Å². The van der Waals surface area contributed by atoms with E-state index in [9.17, 15) is 19.5 Å². The summed E-state index contributed by atoms with van der Waals surface area (Å²) in [4.78, 5) is 45.2. The second-order valence-corrected chi connectivity index (χ2v) is 12.1. The van der Waals surface area contributed by atoms with Gasteiger partial charge in [-0.25, -0.2) is 0 Å². The second kappa shape index (κ2) is 12.6. The number of nitrogens with zero attached hydrogens (tertiary/aromatic N) is 2. The van der Waals surface area contributed by atoms with Gasteiger partial charge in [0.2, 0.25) is 11.8 Å². The number of carbonyl (C=O) groups is 3. The van der Waals surface area contributed by atoms with Crippen LogP contribution >= 0.6 is 11.8 Å². The monoisotopic (exact) mass is 520 g/mol. The predicted molar refractivity (Wildman–Crippen MR) is 143 cm³/mol. The molecule has 0 aromatic rings. The number of likely N-dealkylation sites (tertiary alicyclic amines) is 1. The molecule has 2 bridgehead atoms. The van der Waals surface area contributed by atoms with Crippen LogP contribution in [-0.4, -0.2) is 81.1 Å². The molecule has 3 saturated heterocycles. The van der Waals surface area contributed by atoms with E-state index in [4.69, 9.17) is 4.74 Å². The Kier molecular flexibility index (Phi) is 10.1. The average molecular weight is 521 g/mol. The lowest BCUT2D eigenvalue weighted by Crippen LogP contribution is -2.58. The minimum absolute atomic E-state index is 0.0134. The van der Waals surface area contributed by atoms with Crippen LogP contribution in [0, 0.1) is 17.8 Å². The number of amides is 2. The van der Waals surface area contributed by atoms with Crippen molar-refractivity contribution in [2.24, 2.45) is 17.8 Å². The standard InChI is InChI=1S/C28H44N2O5S/c1-6-10-12-17-35-27(34)22-21-13-14-28(36-21)23(22)25(32)30(20(18-31)19(5)9-4)24(28)26(33)29(15-8-3)16-11-7-2/h6,8,19-24,31H,1,3,7,9-18H2,2,4-5H3/t19-,20-,21+,22-,23-,24?,28?/m0/s1. The molecule has 1 spiro atoms. The molecule has 7 nitrogen and oxygen atoms in total. The Morgan fingerprint density at radius 1 is 1.31 bits per heavy atom. The third kappa shape index (κ3) is 5.13. The third-order valence-electron chi connectivity index (χ3n) is 8.33. The van der Waals surface area contributed by atoms with Crippen molar-refractivity contribution < 1.29 is 24.2 Å². The molecule has 0 aromatic carbocycles. The Hall–Kier alpha value is -1.80. The zero-order valence-electron chi connectivity index (χ0n) is 22.2. The Morgan fingerprint density at radius 3 is 2.67 bits per heavy atom. The third-order valence-corrected chi connectivity index (χ3v) is 10.3. The van der Waals surface area contributed by atoms with Crippen LogP contribution in [0.15, 0.2) is 25.3 Å². The topological polar surface area (TPSA) is 87.1 Å². The number of carbonyl (C=O) groups excluding carboxylic acids is 3. The highest BCUT2D eigenvalue weighted by Gasteiger charge is 2.75. The second-order valence-electron chi connectivity index (χ2n) is 10.5. The van der Waals surface area contributed by atoms with Gasteiger partial charge in [-0.2, -0.15) is 0 Å². The fourth-order valence-electron chi connectivity index (χ4n) is 6.28. The molecule has 7 atom stereocenters. The van der Waals surface area contributed by atoms with Crippen molar-refractivity contribution in [3.05, 3.63) is 25.3 Å². The first-order valence-corrected chi connectivity index (χ1v) is 14.5. The first-order valence-electron chi connectivity index (χ1n) is 13.6. The number of aliphatic hydroxyl groups excluding tert-OH is 1. The van der Waals surface area contributed by atoms with Crippen molar-refractivity contribution in [1.29, 1.82) is 0 Å². The zero-order valence-corrected chi connectivity index (χ0v) is 23.0. The molecule has 2 unspecified atom stereocenters. The summed E-state index contributed by atoms with van der Waals surface area (Å²) in [5.74, 6) is -1.74. The first-order chi connectivity index (χ1) is 17.3. The van der Waals surface area contributed by atoms with Gasteiger partial charge in [0.1, 0.15) is 6.04 Å². The number of ether oxygens (including phenoxy) is 1. The smallest absolute Gasteiger partial charge is 0.310 e. The highest BCUT2D eigenvalue weighted by Crippen LogP contribution is 2.67. The molecule has 3 rings (SSSR count). The van der Waals surface area contributed by atoms with E-state index < -0.39 is 28.7 Å². The summed E-state index contributed by atoms with van der Waals surface area (Å²) >= 11 is 1.65. The molecule has 1 N–H and O–H groups in total. The largest absolute Gasteiger partial charge is 0.465 e. The molecule has 3 aliphatic heterocycles. The van der Waals surface area contributed by atoms with Gasteiger partial charge in [0.15, 0.2) is 0 Å². The molecule has 2 amide bonds. The van der Waals surface area contributed by atoms with Crippen molar-refractivity contribution in [1.82, 2.24) is 9.80 Å². The molecule has 3 aliphatic rings. The molecule has 8 heteroatoms. The lowest BCUT2D eigenvalue weighted by molar-refractivity contribution is -0.155. The van der Waals surface area contributed by atoms with Crippen LogP contribution in [0.4, 0.5) is 0 Å². The lowest BCUT2D eigenvalue weighted by atomic mass is 9.71. The van der Waals surface area contributed by atoms with E-state index >= 15 is 0 Å². The van der Waals surface area contributed by atoms with Gasteiger partial charge in [-0.3, -0.25) is 14.4 Å². The molecule has 0 aromatic heterocycles. The van der Waals surface area contributed by atoms with Gasteiger partial charge in [0.25, 0.3) is 0 Å². The fourth-order valence-corrected chi connectivity index (χ4v) is 8.46. The Balaban J connectivity index is 2.01. The van der Waals surface area contributed by atoms with Crippen molar-refractivity contribution in [3.63, 3.8) is 0 Å². The number of hydrogen-bond donors (Lipinski definition) is 1. The molecule has 36 heavy (non-hydrogen) atoms. The number of aliphatic hydroxyl groups is 1. The number of unbranched alkanes of at least 4 members (excludes halogenated alkanes) is 2. The van der Waals surface area contributed by atoms with E-state index in [1.54, 1.807) is 33.7 Å². The number of hydrogen-bond acceptors (Lipinski definition) is 6. The van der Waals surface area contributed by atoms with Gasteiger partial charge in [0, 0.05) is 18.3 Å². The van der Waals surface area contributed by atoms with Crippen LogP contribution in [0.25, 0.3) is 0 Å². The molecule has 3 heterocycles. The summed E-state index contributed by atoms with van der Waals surface area (Å²) in [6, 6.07) is -1.18. The Morgan fingerprint density at radius 2 is 2.06 bits per heavy atom. The van der Waals surface area contributed by atoms with Gasteiger partial charge in [0.05, 0.1) is 35.8 Å². The summed E-state index contributed by atoms with van der Waals surface area (Å²) in [5.41, 5.74) is 0. The maximum atomic E-state index is 14.2. The highest BCUT2D eigenvalue weighted by molar-refractivity contribution is 8.02. The number of fused-ring (bicyclic) bond motifs is 1. The predicted octanol–water partition coefficient (Wildman–Crippen LogP) is 3.81. The number of rotatable bonds is 15. The van der Waals surface area contributed by atoms with Gasteiger partial charge < -0.3 is 19.6 Å². The van der Waals surface area contributed by atoms with Gasteiger partial charge in [-0.05, 0) is 38.0 Å². The zero-order chi connectivity index (χ0) is 26.5. The van der Waals surface area contributed by atoms with Crippen LogP contribution in [0.3, 0.4) is 0 Å². The minimum atomic E-state index is -0.702. The van der Waals surface area contributed by atoms with E-state index in [0.29, 0.717) is 32.5 Å². The molecule has 0 aliphatic carbocycles. The molecule has 0 radical (unpaired) electrons. The maximum Gasteiger partial charge on any atom is 0.310 e. The van der Waals surface area contributed by atoms with Crippen molar-refractivity contribution in [2.75, 3.05) is 26.3 Å². The first kappa shape index (κ1) is 28.8. The average Bonchev–Trinajstić information content (AvgIpc) is 3.52. The lowest BCUT2D eigenvalue weighted by Gasteiger charge is -2.41. The fraction of sp³-hybridized carbons (Fsp3) is 0.750. The quantitative estimate of drug-likeness (QED) is 0.201. The highest BCUT2D eigenvalue weighted by atomic mass is 32.2. The van der Waals surface area contributed by atoms with E-state index in [1.807, 2.05) is 13.8 Å². The van der Waals surface area contributed by atoms with Crippen molar-refractivity contribution >= 4 is 29.5 Å². The summed E-state index contributed by atoms with van der Waals surface area (Å²) in [6.07, 6.45) is 9.05. The van der Waals surface area contributed by atoms with Gasteiger partial charge in [-0.15, -0.1) is 24.9 Å². The maximum absolute atomic E-state index is 14.2. The summed E-state index contributed by atoms with van der Waals surface area (Å²) in [7, 11) is 0. The normalized spacial score (nSPS) is 30.1. The van der Waals surface area contributed by atoms with Crippen LogP contribution in [-0.2, 0) is 19.1 Å². The molecular formula is C28H44N2O5S. The number of allylic oxidation sites excluding steroid dienone is 1. The number of thioether (sulfide) groups is 1. The van der Waals surface area contributed by atoms with Gasteiger partial charge in [-0.1, -0.05) is 45.8 Å². The summed E-state index contributed by atoms with van der Waals surface area (Å²) < 4.78 is 4.96. The Bertz CT molecular complexity index is 835. The van der Waals surface area contributed by atoms with E-state index in [2.05, 4.69) is 20.1 Å². The molecular weight excluding hydrogens is 476 g/mol. The van der Waals surface area contributed by atoms with E-state index in [0.717, 1.165) is 32.1 Å². The van der Waals surface area contributed by atoms with E-state index in [1.165, 1.54) is 0 Å². The molecule has 3 fully saturated rings. The Labute approximate surface area is 220 Å². The van der Waals surface area contributed by atoms with Crippen LogP contribution in [0.1, 0.15) is 65.7 Å². The summed E-state index contributed by atoms with van der Waals surface area (Å²) in [6.45, 7) is 14.8. The summed E-state index contributed by atoms with van der Waals surface area (Å²) in [5, 5.41) is 10.4. The molecule has 0 saturated carbocycles. The van der Waals surface area contributed by atoms with Gasteiger partial charge >= 0.3 is 5.97 Å². The van der Waals surface area contributed by atoms with Crippen LogP contribution in [0.5, 0.6) is 0 Å². The SMILES string of the molecule is C=CCCCOC(=O)[C@@H]1[C@H]2C(=O)N([C@@H](CO)[C@@H](C)CC)C(C(=O)N(CC=C)CCCC)C23CC[C@H]1S3. The number of esters is 1. The minimum Gasteiger partial charge on any atom is -0.465 e. The van der Waals surface area contributed by atoms with E-state index in [-0.39, 0.29) is 35.6 Å².